The maximum absolute atomic E-state index is 12.8. The smallest absolute Gasteiger partial charge is 0.196 e. The lowest BCUT2D eigenvalue weighted by Gasteiger charge is -2.02. The number of oxime groups is 1. The molecule has 0 saturated carbocycles. The molecule has 6 heteroatoms. The molecule has 0 fully saturated rings. The van der Waals surface area contributed by atoms with Gasteiger partial charge in [-0.15, -0.1) is 0 Å². The topological polar surface area (TPSA) is 59.9 Å². The van der Waals surface area contributed by atoms with Crippen LogP contribution < -0.4 is 5.48 Å². The Hall–Kier alpha value is -2.21. The van der Waals surface area contributed by atoms with E-state index >= 15 is 0 Å². The maximum atomic E-state index is 12.8. The van der Waals surface area contributed by atoms with Gasteiger partial charge >= 0.3 is 0 Å². The minimum Gasteiger partial charge on any atom is -0.399 e. The first kappa shape index (κ1) is 13.9. The van der Waals surface area contributed by atoms with Crippen LogP contribution in [0, 0.1) is 5.82 Å². The molecule has 0 saturated heterocycles. The van der Waals surface area contributed by atoms with Crippen molar-refractivity contribution in [3.63, 3.8) is 0 Å². The number of nitrogens with zero attached hydrogens (tertiary/aromatic N) is 1. The Bertz CT molecular complexity index is 455. The molecule has 1 rings (SSSR count). The average molecular weight is 252 g/mol. The zero-order valence-electron chi connectivity index (χ0n) is 10.0. The predicted octanol–water partition coefficient (Wildman–Crippen LogP) is 1.68. The molecule has 1 N–H and O–H groups in total. The molecule has 0 aromatic heterocycles. The summed E-state index contributed by atoms with van der Waals surface area (Å²) in [6.45, 7) is 0. The lowest BCUT2D eigenvalue weighted by molar-refractivity contribution is 0.102. The molecule has 1 aromatic carbocycles. The van der Waals surface area contributed by atoms with E-state index in [4.69, 9.17) is 0 Å². The predicted molar refractivity (Wildman–Crippen MR) is 64.5 cm³/mol. The van der Waals surface area contributed by atoms with Crippen molar-refractivity contribution in [3.8, 4) is 0 Å². The van der Waals surface area contributed by atoms with Crippen molar-refractivity contribution in [3.05, 3.63) is 47.4 Å². The number of carbonyl (C=O) groups excluding carboxylic acids is 1. The average Bonchev–Trinajstić information content (AvgIpc) is 2.39. The van der Waals surface area contributed by atoms with E-state index < -0.39 is 5.82 Å². The van der Waals surface area contributed by atoms with E-state index in [-0.39, 0.29) is 11.4 Å². The summed E-state index contributed by atoms with van der Waals surface area (Å²) in [5, 5.41) is 3.51. The summed E-state index contributed by atoms with van der Waals surface area (Å²) in [5.41, 5.74) is 2.97. The van der Waals surface area contributed by atoms with E-state index in [1.54, 1.807) is 0 Å². The number of carbonyl (C=O) groups is 1. The zero-order chi connectivity index (χ0) is 13.4. The second-order valence-electron chi connectivity index (χ2n) is 3.17. The van der Waals surface area contributed by atoms with Gasteiger partial charge in [0.15, 0.2) is 5.78 Å². The highest BCUT2D eigenvalue weighted by atomic mass is 19.1. The van der Waals surface area contributed by atoms with Gasteiger partial charge in [-0.05, 0) is 24.3 Å². The van der Waals surface area contributed by atoms with Crippen molar-refractivity contribution in [2.45, 2.75) is 0 Å². The molecule has 0 aliphatic rings. The summed E-state index contributed by atoms with van der Waals surface area (Å²) in [6, 6.07) is 5.20. The van der Waals surface area contributed by atoms with Crippen LogP contribution in [0.25, 0.3) is 0 Å². The fraction of sp³-hybridized carbons (Fsp3) is 0.167. The van der Waals surface area contributed by atoms with Gasteiger partial charge < -0.3 is 4.84 Å². The second-order valence-corrected chi connectivity index (χ2v) is 3.17. The standard InChI is InChI=1S/C12H13FN2O3/c1-17-14-7-10(8-15-18-2)12(16)9-3-5-11(13)6-4-9/h3-8,14H,1-2H3/b10-7+,15-8-. The number of hydrogen-bond donors (Lipinski definition) is 1. The molecule has 18 heavy (non-hydrogen) atoms. The Labute approximate surface area is 104 Å². The van der Waals surface area contributed by atoms with Crippen molar-refractivity contribution in [2.75, 3.05) is 14.2 Å². The molecule has 0 aliphatic heterocycles. The fourth-order valence-corrected chi connectivity index (χ4v) is 1.16. The maximum Gasteiger partial charge on any atom is 0.196 e. The first-order chi connectivity index (χ1) is 8.69. The monoisotopic (exact) mass is 252 g/mol. The molecule has 0 radical (unpaired) electrons. The second kappa shape index (κ2) is 7.18. The van der Waals surface area contributed by atoms with Crippen molar-refractivity contribution in [1.82, 2.24) is 5.48 Å². The molecule has 0 spiro atoms. The number of ketones is 1. The molecular weight excluding hydrogens is 239 g/mol. The highest BCUT2D eigenvalue weighted by molar-refractivity contribution is 6.21. The molecule has 0 atom stereocenters. The van der Waals surface area contributed by atoms with Crippen LogP contribution in [0.5, 0.6) is 0 Å². The lowest BCUT2D eigenvalue weighted by atomic mass is 10.1. The van der Waals surface area contributed by atoms with Crippen LogP contribution in [0.3, 0.4) is 0 Å². The van der Waals surface area contributed by atoms with E-state index in [2.05, 4.69) is 20.3 Å². The lowest BCUT2D eigenvalue weighted by Crippen LogP contribution is -2.11. The van der Waals surface area contributed by atoms with Crippen LogP contribution in [-0.2, 0) is 9.68 Å². The third kappa shape index (κ3) is 3.99. The summed E-state index contributed by atoms with van der Waals surface area (Å²) in [4.78, 5) is 21.2. The molecule has 0 bridgehead atoms. The van der Waals surface area contributed by atoms with Gasteiger partial charge in [-0.3, -0.25) is 15.1 Å². The number of allylic oxidation sites excluding steroid dienone is 1. The van der Waals surface area contributed by atoms with Crippen molar-refractivity contribution in [1.29, 1.82) is 0 Å². The first-order valence-corrected chi connectivity index (χ1v) is 5.04. The number of benzene rings is 1. The van der Waals surface area contributed by atoms with Crippen LogP contribution >= 0.6 is 0 Å². The van der Waals surface area contributed by atoms with Crippen molar-refractivity contribution in [2.24, 2.45) is 5.16 Å². The molecule has 96 valence electrons. The van der Waals surface area contributed by atoms with Gasteiger partial charge in [0.05, 0.1) is 18.9 Å². The quantitative estimate of drug-likeness (QED) is 0.362. The molecule has 0 amide bonds. The Morgan fingerprint density at radius 1 is 1.33 bits per heavy atom. The molecule has 1 aromatic rings. The van der Waals surface area contributed by atoms with E-state index in [0.717, 1.165) is 0 Å². The number of Topliss-reactive ketones (excluding diaryl/α,β-unsaturated/α-hetero) is 1. The minimum atomic E-state index is -0.405. The summed E-state index contributed by atoms with van der Waals surface area (Å²) in [6.07, 6.45) is 2.56. The van der Waals surface area contributed by atoms with E-state index in [9.17, 15) is 9.18 Å². The number of hydroxylamine groups is 1. The largest absolute Gasteiger partial charge is 0.399 e. The van der Waals surface area contributed by atoms with Gasteiger partial charge in [-0.25, -0.2) is 4.39 Å². The van der Waals surface area contributed by atoms with E-state index in [1.165, 1.54) is 50.9 Å². The van der Waals surface area contributed by atoms with Gasteiger partial charge in [-0.2, -0.15) is 0 Å². The highest BCUT2D eigenvalue weighted by Crippen LogP contribution is 2.08. The Morgan fingerprint density at radius 3 is 2.56 bits per heavy atom. The van der Waals surface area contributed by atoms with Crippen LogP contribution in [0.4, 0.5) is 4.39 Å². The molecular formula is C12H13FN2O3. The Balaban J connectivity index is 2.94. The van der Waals surface area contributed by atoms with Gasteiger partial charge in [0, 0.05) is 11.8 Å². The molecule has 0 heterocycles. The van der Waals surface area contributed by atoms with Crippen LogP contribution in [0.15, 0.2) is 41.2 Å². The van der Waals surface area contributed by atoms with Crippen LogP contribution in [-0.4, -0.2) is 26.2 Å². The Kier molecular flexibility index (Phi) is 5.53. The minimum absolute atomic E-state index is 0.213. The van der Waals surface area contributed by atoms with Crippen molar-refractivity contribution < 1.29 is 18.9 Å². The van der Waals surface area contributed by atoms with Crippen LogP contribution in [0.1, 0.15) is 10.4 Å². The summed E-state index contributed by atoms with van der Waals surface area (Å²) in [5.74, 6) is -0.738. The van der Waals surface area contributed by atoms with Crippen LogP contribution in [0.2, 0.25) is 0 Å². The SMILES string of the molecule is CO/N=C\C(=C/NOC)C(=O)c1ccc(F)cc1. The van der Waals surface area contributed by atoms with Gasteiger partial charge in [0.2, 0.25) is 0 Å². The van der Waals surface area contributed by atoms with E-state index in [0.29, 0.717) is 5.56 Å². The number of hydrogen-bond acceptors (Lipinski definition) is 5. The number of nitrogens with one attached hydrogen (secondary N) is 1. The molecule has 5 nitrogen and oxygen atoms in total. The van der Waals surface area contributed by atoms with Gasteiger partial charge in [0.1, 0.15) is 12.9 Å². The van der Waals surface area contributed by atoms with Crippen molar-refractivity contribution >= 4 is 12.0 Å². The summed E-state index contributed by atoms with van der Waals surface area (Å²) < 4.78 is 12.8. The highest BCUT2D eigenvalue weighted by Gasteiger charge is 2.10. The summed E-state index contributed by atoms with van der Waals surface area (Å²) in [7, 11) is 2.77. The third-order valence-electron chi connectivity index (χ3n) is 2.00. The normalized spacial score (nSPS) is 11.6. The zero-order valence-corrected chi connectivity index (χ0v) is 10.0. The number of halogens is 1. The van der Waals surface area contributed by atoms with Gasteiger partial charge in [0.25, 0.3) is 0 Å². The third-order valence-corrected chi connectivity index (χ3v) is 2.00. The Morgan fingerprint density at radius 2 is 2.00 bits per heavy atom. The molecule has 0 aliphatic carbocycles. The fourth-order valence-electron chi connectivity index (χ4n) is 1.16. The van der Waals surface area contributed by atoms with Gasteiger partial charge in [-0.1, -0.05) is 5.16 Å². The number of rotatable bonds is 6. The van der Waals surface area contributed by atoms with E-state index in [1.807, 2.05) is 0 Å². The molecule has 0 unspecified atom stereocenters. The first-order valence-electron chi connectivity index (χ1n) is 5.04. The summed E-state index contributed by atoms with van der Waals surface area (Å²) >= 11 is 0.